The molecule has 1 aromatic carbocycles. The average Bonchev–Trinajstić information content (AvgIpc) is 3.18. The molecular weight excluding hydrogens is 340 g/mol. The molecule has 0 bridgehead atoms. The third kappa shape index (κ3) is 2.26. The van der Waals surface area contributed by atoms with Crippen molar-refractivity contribution in [2.45, 2.75) is 26.2 Å². The Hall–Kier alpha value is -2.67. The summed E-state index contributed by atoms with van der Waals surface area (Å²) in [7, 11) is 1.72. The van der Waals surface area contributed by atoms with E-state index < -0.39 is 0 Å². The molecule has 0 radical (unpaired) electrons. The van der Waals surface area contributed by atoms with Gasteiger partial charge in [-0.25, -0.2) is 4.98 Å². The molecule has 128 valence electrons. The smallest absolute Gasteiger partial charge is 0.261 e. The Bertz CT molecular complexity index is 1180. The molecule has 0 atom stereocenters. The number of aromatic nitrogens is 6. The highest BCUT2D eigenvalue weighted by molar-refractivity contribution is 6.31. The predicted octanol–water partition coefficient (Wildman–Crippen LogP) is 2.72. The van der Waals surface area contributed by atoms with Crippen molar-refractivity contribution < 1.29 is 0 Å². The van der Waals surface area contributed by atoms with E-state index in [2.05, 4.69) is 36.1 Å². The van der Waals surface area contributed by atoms with E-state index in [9.17, 15) is 4.79 Å². The van der Waals surface area contributed by atoms with Crippen molar-refractivity contribution in [3.05, 3.63) is 51.8 Å². The number of rotatable bonds is 1. The Kier molecular flexibility index (Phi) is 3.27. The number of benzene rings is 1. The van der Waals surface area contributed by atoms with Crippen LogP contribution < -0.4 is 5.56 Å². The molecule has 3 heterocycles. The summed E-state index contributed by atoms with van der Waals surface area (Å²) in [6, 6.07) is 5.26. The van der Waals surface area contributed by atoms with Gasteiger partial charge in [0.25, 0.3) is 5.56 Å². The van der Waals surface area contributed by atoms with E-state index in [4.69, 9.17) is 11.6 Å². The van der Waals surface area contributed by atoms with Gasteiger partial charge in [0.2, 0.25) is 0 Å². The van der Waals surface area contributed by atoms with Gasteiger partial charge in [-0.1, -0.05) is 37.6 Å². The molecule has 0 aliphatic carbocycles. The van der Waals surface area contributed by atoms with E-state index in [1.165, 1.54) is 0 Å². The predicted molar refractivity (Wildman–Crippen MR) is 96.6 cm³/mol. The fourth-order valence-electron chi connectivity index (χ4n) is 3.04. The van der Waals surface area contributed by atoms with E-state index in [0.29, 0.717) is 21.9 Å². The quantitative estimate of drug-likeness (QED) is 0.526. The maximum atomic E-state index is 12.8. The zero-order chi connectivity index (χ0) is 17.9. The van der Waals surface area contributed by atoms with Crippen molar-refractivity contribution in [2.75, 3.05) is 0 Å². The molecular formula is C17H17ClN6O. The highest BCUT2D eigenvalue weighted by Gasteiger charge is 2.24. The molecule has 0 spiro atoms. The van der Waals surface area contributed by atoms with Gasteiger partial charge in [0.05, 0.1) is 22.8 Å². The minimum absolute atomic E-state index is 0.135. The first-order chi connectivity index (χ1) is 11.8. The van der Waals surface area contributed by atoms with Gasteiger partial charge in [-0.2, -0.15) is 4.68 Å². The Morgan fingerprint density at radius 2 is 1.96 bits per heavy atom. The fourth-order valence-corrected chi connectivity index (χ4v) is 3.21. The molecule has 7 nitrogen and oxygen atoms in total. The second kappa shape index (κ2) is 5.16. The Morgan fingerprint density at radius 1 is 1.20 bits per heavy atom. The zero-order valence-electron chi connectivity index (χ0n) is 14.4. The number of nitrogens with zero attached hydrogens (tertiary/aromatic N) is 6. The molecule has 8 heteroatoms. The monoisotopic (exact) mass is 356 g/mol. The lowest BCUT2D eigenvalue weighted by Gasteiger charge is -2.18. The van der Waals surface area contributed by atoms with Crippen LogP contribution in [0.4, 0.5) is 0 Å². The van der Waals surface area contributed by atoms with E-state index in [-0.39, 0.29) is 11.0 Å². The van der Waals surface area contributed by atoms with Crippen LogP contribution >= 0.6 is 11.6 Å². The van der Waals surface area contributed by atoms with Crippen molar-refractivity contribution in [3.8, 4) is 5.82 Å². The van der Waals surface area contributed by atoms with E-state index in [1.807, 2.05) is 10.5 Å². The molecule has 0 aliphatic heterocycles. The van der Waals surface area contributed by atoms with Crippen molar-refractivity contribution in [1.82, 2.24) is 28.9 Å². The largest absolute Gasteiger partial charge is 0.294 e. The molecule has 4 rings (SSSR count). The summed E-state index contributed by atoms with van der Waals surface area (Å²) in [5.41, 5.74) is 2.01. The highest BCUT2D eigenvalue weighted by atomic mass is 35.5. The summed E-state index contributed by atoms with van der Waals surface area (Å²) < 4.78 is 5.13. The van der Waals surface area contributed by atoms with E-state index in [0.717, 1.165) is 11.2 Å². The van der Waals surface area contributed by atoms with E-state index in [1.54, 1.807) is 41.0 Å². The van der Waals surface area contributed by atoms with Crippen LogP contribution in [-0.4, -0.2) is 28.9 Å². The number of imidazole rings is 1. The van der Waals surface area contributed by atoms with Gasteiger partial charge in [0, 0.05) is 17.5 Å². The number of hydrogen-bond donors (Lipinski definition) is 0. The third-order valence-electron chi connectivity index (χ3n) is 4.31. The summed E-state index contributed by atoms with van der Waals surface area (Å²) in [5, 5.41) is 9.30. The minimum atomic E-state index is -0.164. The van der Waals surface area contributed by atoms with Crippen molar-refractivity contribution in [2.24, 2.45) is 7.05 Å². The van der Waals surface area contributed by atoms with Crippen LogP contribution in [0.3, 0.4) is 0 Å². The summed E-state index contributed by atoms with van der Waals surface area (Å²) >= 11 is 6.06. The summed E-state index contributed by atoms with van der Waals surface area (Å²) in [4.78, 5) is 17.3. The third-order valence-corrected chi connectivity index (χ3v) is 4.55. The van der Waals surface area contributed by atoms with Gasteiger partial charge < -0.3 is 0 Å². The van der Waals surface area contributed by atoms with Gasteiger partial charge in [-0.05, 0) is 18.2 Å². The Balaban J connectivity index is 2.13. The maximum Gasteiger partial charge on any atom is 0.261 e. The summed E-state index contributed by atoms with van der Waals surface area (Å²) in [6.07, 6.45) is 3.42. The van der Waals surface area contributed by atoms with Gasteiger partial charge in [0.15, 0.2) is 11.5 Å². The molecule has 0 saturated carbocycles. The van der Waals surface area contributed by atoms with Gasteiger partial charge in [0.1, 0.15) is 6.33 Å². The maximum absolute atomic E-state index is 12.8. The van der Waals surface area contributed by atoms with Crippen LogP contribution in [0.15, 0.2) is 35.5 Å². The molecule has 4 aromatic rings. The second-order valence-corrected chi connectivity index (χ2v) is 7.50. The zero-order valence-corrected chi connectivity index (χ0v) is 15.1. The molecule has 0 amide bonds. The number of aryl methyl sites for hydroxylation is 1. The molecule has 25 heavy (non-hydrogen) atoms. The van der Waals surface area contributed by atoms with Crippen molar-refractivity contribution >= 4 is 28.2 Å². The second-order valence-electron chi connectivity index (χ2n) is 7.07. The number of hydrogen-bond acceptors (Lipinski definition) is 4. The fraction of sp³-hybridized carbons (Fsp3) is 0.294. The first-order valence-corrected chi connectivity index (χ1v) is 8.23. The van der Waals surface area contributed by atoms with Crippen LogP contribution in [0.1, 0.15) is 26.5 Å². The Labute approximate surface area is 148 Å². The first-order valence-electron chi connectivity index (χ1n) is 7.86. The first kappa shape index (κ1) is 15.8. The van der Waals surface area contributed by atoms with Crippen molar-refractivity contribution in [1.29, 1.82) is 0 Å². The van der Waals surface area contributed by atoms with Gasteiger partial charge in [-0.3, -0.25) is 13.8 Å². The summed E-state index contributed by atoms with van der Waals surface area (Å²) in [6.45, 7) is 6.24. The van der Waals surface area contributed by atoms with Gasteiger partial charge in [-0.15, -0.1) is 5.10 Å². The topological polar surface area (TPSA) is 70.0 Å². The lowest BCUT2D eigenvalue weighted by molar-refractivity contribution is 0.540. The summed E-state index contributed by atoms with van der Waals surface area (Å²) in [5.74, 6) is 0.568. The molecule has 3 aromatic heterocycles. The minimum Gasteiger partial charge on any atom is -0.294 e. The van der Waals surface area contributed by atoms with Crippen molar-refractivity contribution in [3.63, 3.8) is 0 Å². The SMILES string of the molecule is Cn1c(=O)c2cc(Cl)ccc2n2cnc(-n3nncc3C(C)(C)C)c12. The highest BCUT2D eigenvalue weighted by Crippen LogP contribution is 2.26. The average molecular weight is 357 g/mol. The molecule has 0 fully saturated rings. The molecule has 0 N–H and O–H groups in total. The Morgan fingerprint density at radius 3 is 2.68 bits per heavy atom. The number of halogens is 1. The number of fused-ring (bicyclic) bond motifs is 3. The van der Waals surface area contributed by atoms with Crippen LogP contribution in [-0.2, 0) is 12.5 Å². The lowest BCUT2D eigenvalue weighted by atomic mass is 9.93. The lowest BCUT2D eigenvalue weighted by Crippen LogP contribution is -2.22. The van der Waals surface area contributed by atoms with Crippen LogP contribution in [0, 0.1) is 0 Å². The molecule has 0 saturated heterocycles. The molecule has 0 unspecified atom stereocenters. The molecule has 0 aliphatic rings. The van der Waals surface area contributed by atoms with Gasteiger partial charge >= 0.3 is 0 Å². The normalized spacial score (nSPS) is 12.4. The van der Waals surface area contributed by atoms with Crippen LogP contribution in [0.2, 0.25) is 5.02 Å². The standard InChI is InChI=1S/C17H17ClN6O/c1-17(2,3)13-8-20-21-24(13)14-15-22(4)16(25)11-7-10(18)5-6-12(11)23(15)9-19-14/h5-9H,1-4H3. The van der Waals surface area contributed by atoms with Crippen LogP contribution in [0.5, 0.6) is 0 Å². The van der Waals surface area contributed by atoms with E-state index >= 15 is 0 Å². The van der Waals surface area contributed by atoms with Crippen LogP contribution in [0.25, 0.3) is 22.4 Å².